The first kappa shape index (κ1) is 43.6. The third-order valence-electron chi connectivity index (χ3n) is 8.75. The Balaban J connectivity index is 1.38. The first-order valence-corrected chi connectivity index (χ1v) is 20.2. The number of amides is 3. The van der Waals surface area contributed by atoms with Gasteiger partial charge in [0.05, 0.1) is 23.6 Å². The number of rotatable bonds is 13. The van der Waals surface area contributed by atoms with E-state index in [0.29, 0.717) is 22.5 Å². The summed E-state index contributed by atoms with van der Waals surface area (Å²) in [6.07, 6.45) is 0.726. The minimum Gasteiger partial charge on any atom is -0.495 e. The van der Waals surface area contributed by atoms with E-state index in [-0.39, 0.29) is 34.0 Å². The van der Waals surface area contributed by atoms with Gasteiger partial charge in [0.2, 0.25) is 12.7 Å². The van der Waals surface area contributed by atoms with Gasteiger partial charge in [-0.15, -0.1) is 5.10 Å². The summed E-state index contributed by atoms with van der Waals surface area (Å²) in [4.78, 5) is 57.5. The molecule has 2 heterocycles. The lowest BCUT2D eigenvalue weighted by Crippen LogP contribution is -2.47. The number of benzene rings is 3. The molecule has 0 aliphatic heterocycles. The number of sulfone groups is 1. The van der Waals surface area contributed by atoms with Crippen molar-refractivity contribution in [3.63, 3.8) is 0 Å². The number of methoxy groups -OCH3 is 1. The zero-order chi connectivity index (χ0) is 43.2. The number of ether oxygens (including phenoxy) is 4. The average Bonchev–Trinajstić information content (AvgIpc) is 3.59. The van der Waals surface area contributed by atoms with Crippen LogP contribution in [0.3, 0.4) is 0 Å². The van der Waals surface area contributed by atoms with Crippen molar-refractivity contribution < 1.29 is 50.9 Å². The van der Waals surface area contributed by atoms with Crippen LogP contribution < -0.4 is 20.3 Å². The van der Waals surface area contributed by atoms with Crippen LogP contribution in [0.4, 0.5) is 31.3 Å². The summed E-state index contributed by atoms with van der Waals surface area (Å²) in [6.45, 7) is 9.22. The fourth-order valence-corrected chi connectivity index (χ4v) is 6.26. The van der Waals surface area contributed by atoms with E-state index in [1.165, 1.54) is 42.0 Å². The highest BCUT2D eigenvalue weighted by molar-refractivity contribution is 7.90. The smallest absolute Gasteiger partial charge is 0.424 e. The van der Waals surface area contributed by atoms with E-state index >= 15 is 0 Å². The van der Waals surface area contributed by atoms with Gasteiger partial charge in [0, 0.05) is 29.8 Å². The molecule has 0 radical (unpaired) electrons. The number of fused-ring (bicyclic) bond motifs is 1. The van der Waals surface area contributed by atoms with Crippen molar-refractivity contribution in [2.45, 2.75) is 64.0 Å². The van der Waals surface area contributed by atoms with E-state index in [2.05, 4.69) is 20.7 Å². The Labute approximate surface area is 340 Å². The lowest BCUT2D eigenvalue weighted by atomic mass is 10.00. The Bertz CT molecular complexity index is 2450. The first-order valence-electron chi connectivity index (χ1n) is 18.3. The van der Waals surface area contributed by atoms with E-state index in [9.17, 15) is 32.0 Å². The van der Waals surface area contributed by atoms with Gasteiger partial charge >= 0.3 is 18.2 Å². The van der Waals surface area contributed by atoms with Gasteiger partial charge in [0.25, 0.3) is 5.95 Å². The number of carbonyl (C=O) groups excluding carboxylic acids is 4. The fourth-order valence-electron chi connectivity index (χ4n) is 5.62. The predicted molar refractivity (Wildman–Crippen MR) is 216 cm³/mol. The van der Waals surface area contributed by atoms with Crippen molar-refractivity contribution in [1.29, 1.82) is 0 Å². The number of esters is 1. The van der Waals surface area contributed by atoms with Gasteiger partial charge in [-0.05, 0) is 93.3 Å². The molecular formula is C41H45FN6O10S. The molecule has 3 aromatic carbocycles. The van der Waals surface area contributed by atoms with Gasteiger partial charge in [-0.3, -0.25) is 4.79 Å². The molecule has 0 fully saturated rings. The molecule has 2 atom stereocenters. The van der Waals surface area contributed by atoms with Crippen LogP contribution in [-0.4, -0.2) is 78.9 Å². The topological polar surface area (TPSA) is 197 Å². The fraction of sp³-hybridized carbons (Fsp3) is 0.317. The molecule has 3 amide bonds. The number of alkyl carbamates (subject to hydrolysis) is 1. The largest absolute Gasteiger partial charge is 0.495 e. The summed E-state index contributed by atoms with van der Waals surface area (Å²) in [5.74, 6) is -2.73. The molecule has 0 bridgehead atoms. The molecule has 0 saturated heterocycles. The molecule has 0 unspecified atom stereocenters. The van der Waals surface area contributed by atoms with E-state index in [1.807, 2.05) is 0 Å². The van der Waals surface area contributed by atoms with Crippen molar-refractivity contribution in [3.05, 3.63) is 96.4 Å². The number of carbonyl (C=O) groups is 4. The number of nitrogens with one attached hydrogen (secondary N) is 2. The second kappa shape index (κ2) is 17.9. The third-order valence-corrected chi connectivity index (χ3v) is 9.86. The summed E-state index contributed by atoms with van der Waals surface area (Å²) >= 11 is 0. The summed E-state index contributed by atoms with van der Waals surface area (Å²) in [7, 11) is -2.39. The molecule has 5 aromatic rings. The normalized spacial score (nSPS) is 12.6. The highest BCUT2D eigenvalue weighted by atomic mass is 32.2. The Morgan fingerprint density at radius 3 is 2.17 bits per heavy atom. The zero-order valence-electron chi connectivity index (χ0n) is 33.7. The lowest BCUT2D eigenvalue weighted by Gasteiger charge is -2.25. The molecule has 0 saturated carbocycles. The van der Waals surface area contributed by atoms with Crippen molar-refractivity contribution in [3.8, 4) is 16.9 Å². The van der Waals surface area contributed by atoms with Crippen LogP contribution >= 0.6 is 0 Å². The molecule has 5 rings (SSSR count). The van der Waals surface area contributed by atoms with E-state index < -0.39 is 58.3 Å². The van der Waals surface area contributed by atoms with Crippen molar-refractivity contribution in [1.82, 2.24) is 19.9 Å². The molecule has 18 heteroatoms. The van der Waals surface area contributed by atoms with Crippen LogP contribution in [0.5, 0.6) is 5.75 Å². The maximum absolute atomic E-state index is 13.8. The predicted octanol–water partition coefficient (Wildman–Crippen LogP) is 7.01. The number of hydrogen-bond donors (Lipinski definition) is 2. The van der Waals surface area contributed by atoms with Crippen LogP contribution in [0.15, 0.2) is 90.0 Å². The van der Waals surface area contributed by atoms with Crippen LogP contribution in [0.1, 0.15) is 53.0 Å². The molecule has 0 spiro atoms. The monoisotopic (exact) mass is 832 g/mol. The number of halogens is 1. The van der Waals surface area contributed by atoms with E-state index in [0.717, 1.165) is 16.7 Å². The first-order chi connectivity index (χ1) is 27.7. The number of anilines is 3. The van der Waals surface area contributed by atoms with Gasteiger partial charge in [-0.25, -0.2) is 36.6 Å². The Kier molecular flexibility index (Phi) is 13.2. The van der Waals surface area contributed by atoms with Crippen molar-refractivity contribution in [2.75, 3.05) is 30.4 Å². The maximum atomic E-state index is 13.8. The van der Waals surface area contributed by atoms with Gasteiger partial charge in [0.1, 0.15) is 23.2 Å². The second-order valence-electron chi connectivity index (χ2n) is 14.8. The van der Waals surface area contributed by atoms with Gasteiger partial charge in [-0.2, -0.15) is 4.98 Å². The number of nitrogens with zero attached hydrogens (tertiary/aromatic N) is 4. The molecule has 2 aromatic heterocycles. The standard InChI is InChI=1S/C41H45FN6O10S/c1-24(2)35(45-39(51)58-41(4,5)6)37(50)56-23-57-40(52)48(32-19-18-31(59(8,53)54)21-33(32)55-7)38-44-34-20-13-28(22-47(34)46-38)27-11-16-30(17-12-27)43-36(49)25(3)26-9-14-29(42)15-10-26/h9-22,24-25,35H,23H2,1-8H3,(H,43,49)(H,45,51)/t25-,35+/m1/s1. The SMILES string of the molecule is COc1cc(S(C)(=O)=O)ccc1N(C(=O)OCOC(=O)[C@@H](NC(=O)OC(C)(C)C)C(C)C)c1nc2ccc(-c3ccc(NC(=O)[C@H](C)c4ccc(F)cc4)cc3)cn2n1. The van der Waals surface area contributed by atoms with E-state index in [4.69, 9.17) is 18.9 Å². The Hall–Kier alpha value is -6.56. The number of pyridine rings is 1. The molecule has 0 aliphatic carbocycles. The van der Waals surface area contributed by atoms with E-state index in [1.54, 1.807) is 96.3 Å². The lowest BCUT2D eigenvalue weighted by molar-refractivity contribution is -0.155. The average molecular weight is 833 g/mol. The molecule has 59 heavy (non-hydrogen) atoms. The minimum absolute atomic E-state index is 0.00499. The highest BCUT2D eigenvalue weighted by Crippen LogP contribution is 2.35. The Morgan fingerprint density at radius 1 is 0.898 bits per heavy atom. The second-order valence-corrected chi connectivity index (χ2v) is 16.8. The van der Waals surface area contributed by atoms with Crippen LogP contribution in [-0.2, 0) is 33.6 Å². The van der Waals surface area contributed by atoms with Crippen molar-refractivity contribution in [2.24, 2.45) is 5.92 Å². The van der Waals surface area contributed by atoms with Crippen LogP contribution in [0.25, 0.3) is 16.8 Å². The third kappa shape index (κ3) is 11.1. The van der Waals surface area contributed by atoms with Crippen LogP contribution in [0.2, 0.25) is 0 Å². The number of hydrogen-bond acceptors (Lipinski definition) is 12. The summed E-state index contributed by atoms with van der Waals surface area (Å²) in [5, 5.41) is 9.86. The molecule has 312 valence electrons. The van der Waals surface area contributed by atoms with Gasteiger partial charge < -0.3 is 29.6 Å². The number of aromatic nitrogens is 3. The summed E-state index contributed by atoms with van der Waals surface area (Å²) < 4.78 is 60.8. The quantitative estimate of drug-likeness (QED) is 0.0911. The molecule has 16 nitrogen and oxygen atoms in total. The summed E-state index contributed by atoms with van der Waals surface area (Å²) in [6, 6.07) is 18.9. The van der Waals surface area contributed by atoms with Gasteiger partial charge in [0.15, 0.2) is 15.5 Å². The van der Waals surface area contributed by atoms with Crippen molar-refractivity contribution >= 4 is 56.9 Å². The molecule has 0 aliphatic rings. The molecule has 2 N–H and O–H groups in total. The summed E-state index contributed by atoms with van der Waals surface area (Å²) in [5.41, 5.74) is 2.17. The Morgan fingerprint density at radius 2 is 1.56 bits per heavy atom. The van der Waals surface area contributed by atoms with Gasteiger partial charge in [-0.1, -0.05) is 38.1 Å². The zero-order valence-corrected chi connectivity index (χ0v) is 34.5. The minimum atomic E-state index is -3.68. The maximum Gasteiger partial charge on any atom is 0.424 e. The highest BCUT2D eigenvalue weighted by Gasteiger charge is 2.31. The van der Waals surface area contributed by atoms with Crippen LogP contribution in [0, 0.1) is 11.7 Å². The molecular weight excluding hydrogens is 788 g/mol.